The van der Waals surface area contributed by atoms with Crippen molar-refractivity contribution in [1.82, 2.24) is 9.88 Å². The molecule has 154 valence electrons. The third-order valence-electron chi connectivity index (χ3n) is 5.76. The van der Waals surface area contributed by atoms with Gasteiger partial charge in [0.25, 0.3) is 0 Å². The van der Waals surface area contributed by atoms with Crippen molar-refractivity contribution < 1.29 is 19.4 Å². The minimum atomic E-state index is -1.05. The summed E-state index contributed by atoms with van der Waals surface area (Å²) in [4.78, 5) is 30.9. The molecule has 2 aliphatic carbocycles. The zero-order valence-corrected chi connectivity index (χ0v) is 17.7. The first-order chi connectivity index (χ1) is 13.0. The summed E-state index contributed by atoms with van der Waals surface area (Å²) in [6.45, 7) is 10.5. The fraction of sp³-hybridized carbons (Fsp3) is 0.682. The molecule has 0 saturated heterocycles. The molecule has 0 radical (unpaired) electrons. The number of fused-ring (bicyclic) bond motifs is 1. The van der Waals surface area contributed by atoms with Gasteiger partial charge in [-0.25, -0.2) is 14.6 Å². The Bertz CT molecular complexity index is 775. The summed E-state index contributed by atoms with van der Waals surface area (Å²) in [5.74, 6) is -0.588. The molecular weight excluding hydrogens is 356 g/mol. The van der Waals surface area contributed by atoms with Gasteiger partial charge < -0.3 is 14.7 Å². The summed E-state index contributed by atoms with van der Waals surface area (Å²) in [7, 11) is 0. The van der Waals surface area contributed by atoms with Gasteiger partial charge in [-0.1, -0.05) is 20.3 Å². The van der Waals surface area contributed by atoms with E-state index in [-0.39, 0.29) is 17.7 Å². The minimum absolute atomic E-state index is 0.0518. The number of pyridine rings is 1. The van der Waals surface area contributed by atoms with Crippen LogP contribution < -0.4 is 0 Å². The maximum absolute atomic E-state index is 12.8. The first-order valence-electron chi connectivity index (χ1n) is 10.2. The summed E-state index contributed by atoms with van der Waals surface area (Å²) in [5, 5.41) is 9.75. The number of aryl methyl sites for hydroxylation is 1. The Kier molecular flexibility index (Phi) is 5.43. The topological polar surface area (TPSA) is 79.7 Å². The fourth-order valence-electron chi connectivity index (χ4n) is 3.97. The molecule has 1 heterocycles. The molecule has 0 spiro atoms. The molecule has 3 rings (SSSR count). The normalized spacial score (nSPS) is 18.3. The molecule has 1 amide bonds. The number of carboxylic acid groups (broad SMARTS) is 1. The van der Waals surface area contributed by atoms with E-state index in [1.165, 1.54) is 6.42 Å². The molecule has 1 N–H and O–H groups in total. The van der Waals surface area contributed by atoms with Crippen LogP contribution in [0, 0.1) is 5.92 Å². The van der Waals surface area contributed by atoms with E-state index in [1.54, 1.807) is 4.90 Å². The second-order valence-electron chi connectivity index (χ2n) is 9.85. The Morgan fingerprint density at radius 3 is 2.54 bits per heavy atom. The number of amides is 1. The number of nitrogens with zero attached hydrogens (tertiary/aromatic N) is 2. The predicted octanol–water partition coefficient (Wildman–Crippen LogP) is 4.54. The van der Waals surface area contributed by atoms with Crippen LogP contribution in [0.25, 0.3) is 0 Å². The quantitative estimate of drug-likeness (QED) is 0.801. The van der Waals surface area contributed by atoms with E-state index < -0.39 is 17.7 Å². The van der Waals surface area contributed by atoms with Crippen molar-refractivity contribution in [2.24, 2.45) is 5.92 Å². The molecule has 6 nitrogen and oxygen atoms in total. The molecule has 6 heteroatoms. The highest BCUT2D eigenvalue weighted by Crippen LogP contribution is 2.38. The van der Waals surface area contributed by atoms with Crippen LogP contribution in [0.2, 0.25) is 0 Å². The van der Waals surface area contributed by atoms with E-state index in [1.807, 2.05) is 26.8 Å². The number of carbonyl (C=O) groups excluding carboxylic acids is 1. The Morgan fingerprint density at radius 1 is 1.32 bits per heavy atom. The van der Waals surface area contributed by atoms with Gasteiger partial charge in [0.05, 0.1) is 12.2 Å². The number of aromatic carboxylic acids is 1. The third kappa shape index (κ3) is 4.47. The van der Waals surface area contributed by atoms with E-state index in [2.05, 4.69) is 18.8 Å². The van der Waals surface area contributed by atoms with Gasteiger partial charge in [0.15, 0.2) is 5.69 Å². The standard InChI is InChI=1S/C22H32N2O4/c1-21(2,3)28-20(27)24(12-14-7-6-8-14)13-16-11-15-9-10-22(4,5)18(15)23-17(16)19(25)26/h11,14H,6-10,12-13H2,1-5H3,(H,25,26). The number of rotatable bonds is 5. The minimum Gasteiger partial charge on any atom is -0.477 e. The Hall–Kier alpha value is -2.11. The molecule has 0 aliphatic heterocycles. The molecule has 28 heavy (non-hydrogen) atoms. The first kappa shape index (κ1) is 20.6. The molecule has 2 aliphatic rings. The highest BCUT2D eigenvalue weighted by Gasteiger charge is 2.34. The van der Waals surface area contributed by atoms with Crippen molar-refractivity contribution in [2.45, 2.75) is 84.3 Å². The SMILES string of the molecule is CC(C)(C)OC(=O)N(Cc1cc2c(nc1C(=O)O)C(C)(C)CC2)CC1CCC1. The van der Waals surface area contributed by atoms with Gasteiger partial charge >= 0.3 is 12.1 Å². The van der Waals surface area contributed by atoms with Crippen molar-refractivity contribution in [2.75, 3.05) is 6.54 Å². The lowest BCUT2D eigenvalue weighted by molar-refractivity contribution is 0.0170. The second-order valence-corrected chi connectivity index (χ2v) is 9.85. The number of carboxylic acids is 1. The van der Waals surface area contributed by atoms with Gasteiger partial charge in [0.2, 0.25) is 0 Å². The fourth-order valence-corrected chi connectivity index (χ4v) is 3.97. The molecule has 1 saturated carbocycles. The first-order valence-corrected chi connectivity index (χ1v) is 10.2. The summed E-state index contributed by atoms with van der Waals surface area (Å²) in [6.07, 6.45) is 4.83. The van der Waals surface area contributed by atoms with E-state index in [9.17, 15) is 14.7 Å². The monoisotopic (exact) mass is 388 g/mol. The molecular formula is C22H32N2O4. The summed E-state index contributed by atoms with van der Waals surface area (Å²) in [6, 6.07) is 1.94. The van der Waals surface area contributed by atoms with Crippen molar-refractivity contribution in [1.29, 1.82) is 0 Å². The van der Waals surface area contributed by atoms with Crippen molar-refractivity contribution in [3.63, 3.8) is 0 Å². The van der Waals surface area contributed by atoms with E-state index in [0.717, 1.165) is 36.9 Å². The van der Waals surface area contributed by atoms with Gasteiger partial charge in [-0.3, -0.25) is 0 Å². The number of ether oxygens (including phenoxy) is 1. The number of hydrogen-bond donors (Lipinski definition) is 1. The average molecular weight is 389 g/mol. The molecule has 1 fully saturated rings. The third-order valence-corrected chi connectivity index (χ3v) is 5.76. The zero-order valence-electron chi connectivity index (χ0n) is 17.7. The van der Waals surface area contributed by atoms with Gasteiger partial charge in [-0.15, -0.1) is 0 Å². The van der Waals surface area contributed by atoms with E-state index in [4.69, 9.17) is 4.74 Å². The summed E-state index contributed by atoms with van der Waals surface area (Å²) >= 11 is 0. The van der Waals surface area contributed by atoms with Crippen LogP contribution in [0.3, 0.4) is 0 Å². The zero-order chi connectivity index (χ0) is 20.7. The second kappa shape index (κ2) is 7.37. The van der Waals surface area contributed by atoms with E-state index >= 15 is 0 Å². The number of carbonyl (C=O) groups is 2. The molecule has 1 aromatic heterocycles. The Balaban J connectivity index is 1.91. The lowest BCUT2D eigenvalue weighted by atomic mass is 9.85. The summed E-state index contributed by atoms with van der Waals surface area (Å²) in [5.41, 5.74) is 1.90. The lowest BCUT2D eigenvalue weighted by Crippen LogP contribution is -2.40. The Labute approximate surface area is 167 Å². The largest absolute Gasteiger partial charge is 0.477 e. The van der Waals surface area contributed by atoms with Gasteiger partial charge in [0.1, 0.15) is 5.60 Å². The average Bonchev–Trinajstić information content (AvgIpc) is 2.81. The van der Waals surface area contributed by atoms with E-state index in [0.29, 0.717) is 18.0 Å². The van der Waals surface area contributed by atoms with Crippen LogP contribution in [-0.4, -0.2) is 39.2 Å². The van der Waals surface area contributed by atoms with Crippen LogP contribution in [0.1, 0.15) is 87.6 Å². The van der Waals surface area contributed by atoms with Gasteiger partial charge in [-0.2, -0.15) is 0 Å². The lowest BCUT2D eigenvalue weighted by Gasteiger charge is -2.34. The predicted molar refractivity (Wildman–Crippen MR) is 107 cm³/mol. The molecule has 0 aromatic carbocycles. The van der Waals surface area contributed by atoms with Crippen LogP contribution in [0.5, 0.6) is 0 Å². The van der Waals surface area contributed by atoms with Gasteiger partial charge in [-0.05, 0) is 64.0 Å². The van der Waals surface area contributed by atoms with Crippen LogP contribution in [0.15, 0.2) is 6.07 Å². The number of aromatic nitrogens is 1. The number of hydrogen-bond acceptors (Lipinski definition) is 4. The summed E-state index contributed by atoms with van der Waals surface area (Å²) < 4.78 is 5.59. The van der Waals surface area contributed by atoms with Crippen molar-refractivity contribution >= 4 is 12.1 Å². The smallest absolute Gasteiger partial charge is 0.410 e. The maximum atomic E-state index is 12.8. The molecule has 0 bridgehead atoms. The highest BCUT2D eigenvalue weighted by atomic mass is 16.6. The molecule has 1 aromatic rings. The van der Waals surface area contributed by atoms with Crippen LogP contribution in [-0.2, 0) is 23.1 Å². The highest BCUT2D eigenvalue weighted by molar-refractivity contribution is 5.87. The van der Waals surface area contributed by atoms with Crippen molar-refractivity contribution in [3.8, 4) is 0 Å². The molecule has 0 atom stereocenters. The Morgan fingerprint density at radius 2 is 2.00 bits per heavy atom. The maximum Gasteiger partial charge on any atom is 0.410 e. The van der Waals surface area contributed by atoms with Crippen molar-refractivity contribution in [3.05, 3.63) is 28.6 Å². The van der Waals surface area contributed by atoms with Gasteiger partial charge in [0, 0.05) is 17.5 Å². The molecule has 0 unspecified atom stereocenters. The van der Waals surface area contributed by atoms with Crippen LogP contribution in [0.4, 0.5) is 4.79 Å². The van der Waals surface area contributed by atoms with Crippen LogP contribution >= 0.6 is 0 Å².